The third-order valence-corrected chi connectivity index (χ3v) is 7.02. The Kier molecular flexibility index (Phi) is 6.90. The second-order valence-corrected chi connectivity index (χ2v) is 9.14. The molecular weight excluding hydrogens is 462 g/mol. The van der Waals surface area contributed by atoms with E-state index in [1.54, 1.807) is 74.7 Å². The number of hydrogen-bond donors (Lipinski definition) is 2. The summed E-state index contributed by atoms with van der Waals surface area (Å²) in [6, 6.07) is 18.6. The van der Waals surface area contributed by atoms with Crippen LogP contribution in [0.15, 0.2) is 82.7 Å². The molecule has 0 bridgehead atoms. The summed E-state index contributed by atoms with van der Waals surface area (Å²) in [5.74, 6) is -0.0602. The van der Waals surface area contributed by atoms with E-state index in [2.05, 4.69) is 10.3 Å². The molecule has 0 atom stereocenters. The number of primary amides is 1. The Morgan fingerprint density at radius 2 is 1.76 bits per heavy atom. The number of nitrogens with two attached hydrogens (primary N) is 1. The zero-order valence-electron chi connectivity index (χ0n) is 17.9. The van der Waals surface area contributed by atoms with Crippen molar-refractivity contribution in [2.24, 2.45) is 5.73 Å². The summed E-state index contributed by atoms with van der Waals surface area (Å²) in [7, 11) is -2.23. The summed E-state index contributed by atoms with van der Waals surface area (Å²) in [6.45, 7) is 1.72. The topological polar surface area (TPSA) is 111 Å². The maximum Gasteiger partial charge on any atom is 0.252 e. The van der Waals surface area contributed by atoms with E-state index < -0.39 is 15.7 Å². The first-order valence-electron chi connectivity index (χ1n) is 9.75. The molecule has 33 heavy (non-hydrogen) atoms. The Balaban J connectivity index is 0.00000306. The average Bonchev–Trinajstić information content (AvgIpc) is 2.79. The summed E-state index contributed by atoms with van der Waals surface area (Å²) in [5, 5.41) is 3.66. The van der Waals surface area contributed by atoms with Gasteiger partial charge in [-0.2, -0.15) is 0 Å². The van der Waals surface area contributed by atoms with Gasteiger partial charge in [-0.1, -0.05) is 24.3 Å². The lowest BCUT2D eigenvalue weighted by Crippen LogP contribution is -2.14. The molecule has 170 valence electrons. The van der Waals surface area contributed by atoms with Crippen LogP contribution in [-0.2, 0) is 9.84 Å². The van der Waals surface area contributed by atoms with E-state index in [0.717, 1.165) is 0 Å². The second-order valence-electron chi connectivity index (χ2n) is 7.22. The van der Waals surface area contributed by atoms with Gasteiger partial charge < -0.3 is 15.8 Å². The summed E-state index contributed by atoms with van der Waals surface area (Å²) in [4.78, 5) is 16.8. The van der Waals surface area contributed by atoms with Crippen LogP contribution < -0.4 is 15.8 Å². The Morgan fingerprint density at radius 3 is 2.42 bits per heavy atom. The van der Waals surface area contributed by atoms with Crippen molar-refractivity contribution < 1.29 is 17.9 Å². The molecule has 0 saturated carbocycles. The highest BCUT2D eigenvalue weighted by atomic mass is 35.5. The molecule has 9 heteroatoms. The fraction of sp³-hybridized carbons (Fsp3) is 0.0833. The lowest BCUT2D eigenvalue weighted by Gasteiger charge is -2.16. The predicted molar refractivity (Wildman–Crippen MR) is 130 cm³/mol. The van der Waals surface area contributed by atoms with Gasteiger partial charge in [-0.05, 0) is 48.9 Å². The molecular formula is C24H22ClN3O4S. The highest BCUT2D eigenvalue weighted by molar-refractivity contribution is 7.91. The number of aryl methyl sites for hydroxylation is 1. The van der Waals surface area contributed by atoms with E-state index in [1.807, 2.05) is 0 Å². The number of carbonyl (C=O) groups excluding carboxylic acids is 1. The lowest BCUT2D eigenvalue weighted by molar-refractivity contribution is 0.100. The summed E-state index contributed by atoms with van der Waals surface area (Å²) < 4.78 is 31.9. The predicted octanol–water partition coefficient (Wildman–Crippen LogP) is 4.65. The molecule has 7 nitrogen and oxygen atoms in total. The summed E-state index contributed by atoms with van der Waals surface area (Å²) >= 11 is 0. The Hall–Kier alpha value is -3.62. The van der Waals surface area contributed by atoms with Crippen LogP contribution in [0, 0.1) is 6.92 Å². The van der Waals surface area contributed by atoms with E-state index in [1.165, 1.54) is 12.3 Å². The van der Waals surface area contributed by atoms with Crippen LogP contribution in [0.2, 0.25) is 0 Å². The smallest absolute Gasteiger partial charge is 0.252 e. The summed E-state index contributed by atoms with van der Waals surface area (Å²) in [6.07, 6.45) is 1.39. The Bertz CT molecular complexity index is 1440. The van der Waals surface area contributed by atoms with Crippen molar-refractivity contribution in [3.05, 3.63) is 84.1 Å². The molecule has 0 aliphatic carbocycles. The van der Waals surface area contributed by atoms with Crippen LogP contribution >= 0.6 is 12.4 Å². The zero-order chi connectivity index (χ0) is 22.9. The van der Waals surface area contributed by atoms with Crippen molar-refractivity contribution in [2.45, 2.75) is 16.7 Å². The van der Waals surface area contributed by atoms with E-state index in [9.17, 15) is 13.2 Å². The van der Waals surface area contributed by atoms with Gasteiger partial charge in [0.2, 0.25) is 9.84 Å². The second kappa shape index (κ2) is 9.48. The first-order chi connectivity index (χ1) is 15.3. The molecule has 4 aromatic rings. The molecule has 4 rings (SSSR count). The third-order valence-electron chi connectivity index (χ3n) is 5.11. The van der Waals surface area contributed by atoms with Gasteiger partial charge >= 0.3 is 0 Å². The van der Waals surface area contributed by atoms with Gasteiger partial charge in [0.15, 0.2) is 0 Å². The number of halogens is 1. The number of anilines is 2. The molecule has 3 aromatic carbocycles. The highest BCUT2D eigenvalue weighted by Crippen LogP contribution is 2.34. The van der Waals surface area contributed by atoms with Crippen molar-refractivity contribution in [1.82, 2.24) is 4.98 Å². The molecule has 0 spiro atoms. The van der Waals surface area contributed by atoms with Crippen molar-refractivity contribution in [1.29, 1.82) is 0 Å². The van der Waals surface area contributed by atoms with E-state index in [4.69, 9.17) is 10.5 Å². The minimum absolute atomic E-state index is 0. The molecule has 0 aliphatic rings. The number of amides is 1. The SMILES string of the molecule is COc1cccc(Nc2c(C(N)=O)cnc3cc(C)c(S(=O)(=O)c4ccccc4)cc23)c1.Cl. The van der Waals surface area contributed by atoms with Crippen LogP contribution in [0.25, 0.3) is 10.9 Å². The lowest BCUT2D eigenvalue weighted by atomic mass is 10.1. The molecule has 0 saturated heterocycles. The molecule has 3 N–H and O–H groups in total. The number of methoxy groups -OCH3 is 1. The monoisotopic (exact) mass is 483 g/mol. The minimum Gasteiger partial charge on any atom is -0.497 e. The normalized spacial score (nSPS) is 11.0. The molecule has 0 unspecified atom stereocenters. The molecule has 0 radical (unpaired) electrons. The quantitative estimate of drug-likeness (QED) is 0.413. The van der Waals surface area contributed by atoms with Crippen LogP contribution in [0.4, 0.5) is 11.4 Å². The number of hydrogen-bond acceptors (Lipinski definition) is 6. The van der Waals surface area contributed by atoms with E-state index in [0.29, 0.717) is 33.6 Å². The van der Waals surface area contributed by atoms with Crippen LogP contribution in [0.5, 0.6) is 5.75 Å². The number of carbonyl (C=O) groups is 1. The Labute approximate surface area is 197 Å². The number of sulfone groups is 1. The molecule has 1 heterocycles. The van der Waals surface area contributed by atoms with Gasteiger partial charge in [0.25, 0.3) is 5.91 Å². The van der Waals surface area contributed by atoms with Crippen LogP contribution in [-0.4, -0.2) is 26.4 Å². The van der Waals surface area contributed by atoms with Gasteiger partial charge in [-0.3, -0.25) is 9.78 Å². The average molecular weight is 484 g/mol. The number of nitrogens with zero attached hydrogens (tertiary/aromatic N) is 1. The fourth-order valence-electron chi connectivity index (χ4n) is 3.51. The standard InChI is InChI=1S/C24H21N3O4S.ClH/c1-15-11-21-19(13-22(15)32(29,30)18-9-4-3-5-10-18)23(20(14-26-21)24(25)28)27-16-7-6-8-17(12-16)31-2;/h3-14H,1-2H3,(H2,25,28)(H,26,27);1H. The maximum atomic E-state index is 13.3. The Morgan fingerprint density at radius 1 is 1.03 bits per heavy atom. The molecule has 1 amide bonds. The van der Waals surface area contributed by atoms with Crippen molar-refractivity contribution >= 4 is 50.4 Å². The van der Waals surface area contributed by atoms with Crippen molar-refractivity contribution in [2.75, 3.05) is 12.4 Å². The third kappa shape index (κ3) is 4.62. The zero-order valence-corrected chi connectivity index (χ0v) is 19.5. The van der Waals surface area contributed by atoms with Crippen molar-refractivity contribution in [3.63, 3.8) is 0 Å². The maximum absolute atomic E-state index is 13.3. The number of pyridine rings is 1. The van der Waals surface area contributed by atoms with Crippen LogP contribution in [0.1, 0.15) is 15.9 Å². The number of ether oxygens (including phenoxy) is 1. The number of aromatic nitrogens is 1. The fourth-order valence-corrected chi connectivity index (χ4v) is 5.03. The number of rotatable bonds is 6. The largest absolute Gasteiger partial charge is 0.497 e. The first kappa shape index (κ1) is 24.0. The summed E-state index contributed by atoms with van der Waals surface area (Å²) in [5.41, 5.74) is 7.85. The van der Waals surface area contributed by atoms with Gasteiger partial charge in [0.05, 0.1) is 33.7 Å². The van der Waals surface area contributed by atoms with Gasteiger partial charge in [0.1, 0.15) is 5.75 Å². The van der Waals surface area contributed by atoms with Gasteiger partial charge in [-0.15, -0.1) is 12.4 Å². The van der Waals surface area contributed by atoms with Gasteiger partial charge in [0, 0.05) is 23.3 Å². The molecule has 1 aromatic heterocycles. The molecule has 0 fully saturated rings. The number of benzene rings is 3. The van der Waals surface area contributed by atoms with E-state index in [-0.39, 0.29) is 27.8 Å². The first-order valence-corrected chi connectivity index (χ1v) is 11.2. The number of nitrogens with one attached hydrogen (secondary N) is 1. The van der Waals surface area contributed by atoms with Crippen LogP contribution in [0.3, 0.4) is 0 Å². The van der Waals surface area contributed by atoms with Gasteiger partial charge in [-0.25, -0.2) is 8.42 Å². The molecule has 0 aliphatic heterocycles. The minimum atomic E-state index is -3.79. The number of fused-ring (bicyclic) bond motifs is 1. The van der Waals surface area contributed by atoms with E-state index >= 15 is 0 Å². The van der Waals surface area contributed by atoms with Crippen molar-refractivity contribution in [3.8, 4) is 5.75 Å². The highest BCUT2D eigenvalue weighted by Gasteiger charge is 2.23.